The number of nitro groups is 1. The van der Waals surface area contributed by atoms with Gasteiger partial charge in [-0.15, -0.1) is 0 Å². The van der Waals surface area contributed by atoms with Crippen molar-refractivity contribution in [1.29, 1.82) is 0 Å². The number of benzene rings is 1. The highest BCUT2D eigenvalue weighted by Crippen LogP contribution is 2.19. The molecular weight excluding hydrogens is 260 g/mol. The summed E-state index contributed by atoms with van der Waals surface area (Å²) in [5, 5.41) is 23.1. The van der Waals surface area contributed by atoms with Gasteiger partial charge in [-0.25, -0.2) is 0 Å². The molecule has 1 atom stereocenters. The van der Waals surface area contributed by atoms with E-state index in [4.69, 9.17) is 0 Å². The molecular formula is C14H20N2O4. The summed E-state index contributed by atoms with van der Waals surface area (Å²) in [4.78, 5) is 22.2. The lowest BCUT2D eigenvalue weighted by molar-refractivity contribution is -0.385. The predicted molar refractivity (Wildman–Crippen MR) is 75.6 cm³/mol. The number of amides is 1. The molecule has 2 N–H and O–H groups in total. The second-order valence-corrected chi connectivity index (χ2v) is 5.25. The number of carbonyl (C=O) groups is 1. The van der Waals surface area contributed by atoms with E-state index in [-0.39, 0.29) is 17.8 Å². The minimum atomic E-state index is -0.612. The highest BCUT2D eigenvalue weighted by atomic mass is 16.6. The van der Waals surface area contributed by atoms with Gasteiger partial charge in [0.25, 0.3) is 11.6 Å². The lowest BCUT2D eigenvalue weighted by Gasteiger charge is -2.13. The Morgan fingerprint density at radius 2 is 2.10 bits per heavy atom. The van der Waals surface area contributed by atoms with Crippen molar-refractivity contribution in [2.45, 2.75) is 33.3 Å². The average Bonchev–Trinajstić information content (AvgIpc) is 2.35. The third-order valence-electron chi connectivity index (χ3n) is 2.91. The topological polar surface area (TPSA) is 92.5 Å². The van der Waals surface area contributed by atoms with Gasteiger partial charge < -0.3 is 10.4 Å². The van der Waals surface area contributed by atoms with Gasteiger partial charge in [0, 0.05) is 23.7 Å². The molecule has 1 aromatic carbocycles. The number of nitrogens with one attached hydrogen (secondary N) is 1. The van der Waals surface area contributed by atoms with Crippen LogP contribution < -0.4 is 5.32 Å². The summed E-state index contributed by atoms with van der Waals surface area (Å²) in [7, 11) is 0. The number of carbonyl (C=O) groups excluding carboxylic acids is 1. The lowest BCUT2D eigenvalue weighted by Crippen LogP contribution is -2.32. The number of rotatable bonds is 6. The first-order valence-corrected chi connectivity index (χ1v) is 6.52. The normalized spacial score (nSPS) is 12.2. The van der Waals surface area contributed by atoms with E-state index in [0.717, 1.165) is 0 Å². The second kappa shape index (κ2) is 7.00. The Labute approximate surface area is 118 Å². The third kappa shape index (κ3) is 4.62. The van der Waals surface area contributed by atoms with E-state index in [0.29, 0.717) is 17.9 Å². The van der Waals surface area contributed by atoms with Gasteiger partial charge >= 0.3 is 0 Å². The largest absolute Gasteiger partial charge is 0.391 e. The molecule has 0 saturated carbocycles. The van der Waals surface area contributed by atoms with Crippen molar-refractivity contribution in [1.82, 2.24) is 5.32 Å². The fraction of sp³-hybridized carbons (Fsp3) is 0.500. The quantitative estimate of drug-likeness (QED) is 0.616. The van der Waals surface area contributed by atoms with Crippen LogP contribution in [0.25, 0.3) is 0 Å². The SMILES string of the molecule is Cc1ccc(C(=O)NCC(O)CC(C)C)cc1[N+](=O)[O-]. The standard InChI is InChI=1S/C14H20N2O4/c1-9(2)6-12(17)8-15-14(18)11-5-4-10(3)13(7-11)16(19)20/h4-5,7,9,12,17H,6,8H2,1-3H3,(H,15,18). The Bertz CT molecular complexity index is 500. The average molecular weight is 280 g/mol. The van der Waals surface area contributed by atoms with Crippen LogP contribution in [-0.4, -0.2) is 28.6 Å². The third-order valence-corrected chi connectivity index (χ3v) is 2.91. The van der Waals surface area contributed by atoms with Gasteiger partial charge in [0.1, 0.15) is 0 Å². The molecule has 6 heteroatoms. The molecule has 0 aliphatic rings. The van der Waals surface area contributed by atoms with Crippen LogP contribution in [-0.2, 0) is 0 Å². The van der Waals surface area contributed by atoms with Crippen LogP contribution in [0.2, 0.25) is 0 Å². The number of aliphatic hydroxyl groups is 1. The van der Waals surface area contributed by atoms with E-state index in [1.54, 1.807) is 6.92 Å². The van der Waals surface area contributed by atoms with Gasteiger partial charge in [0.2, 0.25) is 0 Å². The van der Waals surface area contributed by atoms with Crippen molar-refractivity contribution in [3.8, 4) is 0 Å². The van der Waals surface area contributed by atoms with Gasteiger partial charge in [-0.3, -0.25) is 14.9 Å². The van der Waals surface area contributed by atoms with Crippen LogP contribution in [0.15, 0.2) is 18.2 Å². The molecule has 1 aromatic rings. The molecule has 0 radical (unpaired) electrons. The molecule has 0 spiro atoms. The summed E-state index contributed by atoms with van der Waals surface area (Å²) in [5.74, 6) is -0.0849. The Balaban J connectivity index is 2.69. The number of aryl methyl sites for hydroxylation is 1. The van der Waals surface area contributed by atoms with Crippen LogP contribution in [0.4, 0.5) is 5.69 Å². The molecule has 0 aromatic heterocycles. The Morgan fingerprint density at radius 1 is 1.45 bits per heavy atom. The second-order valence-electron chi connectivity index (χ2n) is 5.25. The zero-order valence-corrected chi connectivity index (χ0v) is 11.9. The maximum atomic E-state index is 11.9. The first kappa shape index (κ1) is 16.1. The molecule has 0 fully saturated rings. The summed E-state index contributed by atoms with van der Waals surface area (Å²) < 4.78 is 0. The molecule has 0 heterocycles. The molecule has 0 aliphatic heterocycles. The van der Waals surface area contributed by atoms with E-state index >= 15 is 0 Å². The number of aliphatic hydroxyl groups excluding tert-OH is 1. The number of nitro benzene ring substituents is 1. The van der Waals surface area contributed by atoms with Crippen molar-refractivity contribution in [3.05, 3.63) is 39.4 Å². The number of nitrogens with zero attached hydrogens (tertiary/aromatic N) is 1. The summed E-state index contributed by atoms with van der Waals surface area (Å²) in [6, 6.07) is 4.32. The van der Waals surface area contributed by atoms with Crippen LogP contribution in [0.1, 0.15) is 36.2 Å². The Kier molecular flexibility index (Phi) is 5.64. The highest BCUT2D eigenvalue weighted by Gasteiger charge is 2.15. The van der Waals surface area contributed by atoms with Gasteiger partial charge in [-0.2, -0.15) is 0 Å². The van der Waals surface area contributed by atoms with E-state index < -0.39 is 16.9 Å². The smallest absolute Gasteiger partial charge is 0.273 e. The van der Waals surface area contributed by atoms with Crippen molar-refractivity contribution in [2.75, 3.05) is 6.54 Å². The Hall–Kier alpha value is -1.95. The maximum Gasteiger partial charge on any atom is 0.273 e. The molecule has 1 unspecified atom stereocenters. The number of hydrogen-bond donors (Lipinski definition) is 2. The first-order valence-electron chi connectivity index (χ1n) is 6.52. The predicted octanol–water partition coefficient (Wildman–Crippen LogP) is 2.04. The van der Waals surface area contributed by atoms with Gasteiger partial charge in [0.05, 0.1) is 11.0 Å². The maximum absolute atomic E-state index is 11.9. The van der Waals surface area contributed by atoms with Crippen molar-refractivity contribution in [3.63, 3.8) is 0 Å². The van der Waals surface area contributed by atoms with Gasteiger partial charge in [-0.1, -0.05) is 19.9 Å². The summed E-state index contributed by atoms with van der Waals surface area (Å²) in [6.07, 6.45) is -0.0201. The summed E-state index contributed by atoms with van der Waals surface area (Å²) in [5.41, 5.74) is 0.644. The minimum absolute atomic E-state index is 0.0830. The number of hydrogen-bond acceptors (Lipinski definition) is 4. The molecule has 0 aliphatic carbocycles. The summed E-state index contributed by atoms with van der Waals surface area (Å²) in [6.45, 7) is 5.72. The Morgan fingerprint density at radius 3 is 2.65 bits per heavy atom. The zero-order chi connectivity index (χ0) is 15.3. The molecule has 110 valence electrons. The van der Waals surface area contributed by atoms with Gasteiger partial charge in [0.15, 0.2) is 0 Å². The zero-order valence-electron chi connectivity index (χ0n) is 11.9. The van der Waals surface area contributed by atoms with Gasteiger partial charge in [-0.05, 0) is 25.3 Å². The highest BCUT2D eigenvalue weighted by molar-refractivity contribution is 5.95. The van der Waals surface area contributed by atoms with E-state index in [1.807, 2.05) is 13.8 Å². The molecule has 1 amide bonds. The molecule has 1 rings (SSSR count). The molecule has 6 nitrogen and oxygen atoms in total. The molecule has 0 bridgehead atoms. The summed E-state index contributed by atoms with van der Waals surface area (Å²) >= 11 is 0. The van der Waals surface area contributed by atoms with Crippen LogP contribution in [0, 0.1) is 23.0 Å². The lowest BCUT2D eigenvalue weighted by atomic mass is 10.1. The van der Waals surface area contributed by atoms with Crippen molar-refractivity contribution >= 4 is 11.6 Å². The van der Waals surface area contributed by atoms with Crippen LogP contribution in [0.5, 0.6) is 0 Å². The fourth-order valence-corrected chi connectivity index (χ4v) is 1.89. The van der Waals surface area contributed by atoms with Crippen LogP contribution >= 0.6 is 0 Å². The van der Waals surface area contributed by atoms with E-state index in [2.05, 4.69) is 5.32 Å². The first-order chi connectivity index (χ1) is 9.31. The molecule has 20 heavy (non-hydrogen) atoms. The van der Waals surface area contributed by atoms with Crippen molar-refractivity contribution in [2.24, 2.45) is 5.92 Å². The molecule has 0 saturated heterocycles. The van der Waals surface area contributed by atoms with E-state index in [9.17, 15) is 20.0 Å². The fourth-order valence-electron chi connectivity index (χ4n) is 1.89. The van der Waals surface area contributed by atoms with E-state index in [1.165, 1.54) is 18.2 Å². The van der Waals surface area contributed by atoms with Crippen LogP contribution in [0.3, 0.4) is 0 Å². The van der Waals surface area contributed by atoms with Crippen molar-refractivity contribution < 1.29 is 14.8 Å². The monoisotopic (exact) mass is 280 g/mol. The minimum Gasteiger partial charge on any atom is -0.391 e.